The van der Waals surface area contributed by atoms with Crippen molar-refractivity contribution in [3.05, 3.63) is 35.9 Å². The Kier molecular flexibility index (Phi) is 5.68. The molecule has 0 atom stereocenters. The van der Waals surface area contributed by atoms with Gasteiger partial charge in [-0.25, -0.2) is 4.79 Å². The average molecular weight is 373 g/mol. The van der Waals surface area contributed by atoms with E-state index in [-0.39, 0.29) is 17.9 Å². The molecule has 0 spiro atoms. The lowest BCUT2D eigenvalue weighted by atomic mass is 10.0. The maximum Gasteiger partial charge on any atom is 0.409 e. The van der Waals surface area contributed by atoms with Crippen LogP contribution in [0.2, 0.25) is 0 Å². The molecule has 1 saturated heterocycles. The van der Waals surface area contributed by atoms with E-state index in [0.717, 1.165) is 5.56 Å². The molecule has 146 valence electrons. The zero-order valence-electron chi connectivity index (χ0n) is 16.0. The molecular formula is C20H27N3O4. The molecule has 2 aliphatic rings. The Morgan fingerprint density at radius 1 is 1.04 bits per heavy atom. The third-order valence-corrected chi connectivity index (χ3v) is 5.27. The minimum absolute atomic E-state index is 0.101. The van der Waals surface area contributed by atoms with Crippen molar-refractivity contribution in [1.29, 1.82) is 0 Å². The van der Waals surface area contributed by atoms with E-state index < -0.39 is 5.41 Å². The Balaban J connectivity index is 1.58. The fourth-order valence-electron chi connectivity index (χ4n) is 3.55. The highest BCUT2D eigenvalue weighted by molar-refractivity contribution is 6.07. The first-order chi connectivity index (χ1) is 13.0. The van der Waals surface area contributed by atoms with E-state index in [0.29, 0.717) is 52.2 Å². The van der Waals surface area contributed by atoms with Crippen molar-refractivity contribution in [2.45, 2.75) is 26.3 Å². The summed E-state index contributed by atoms with van der Waals surface area (Å²) < 4.78 is 5.01. The van der Waals surface area contributed by atoms with E-state index in [1.165, 1.54) is 0 Å². The second kappa shape index (κ2) is 7.98. The first-order valence-corrected chi connectivity index (χ1v) is 9.48. The molecule has 0 N–H and O–H groups in total. The number of amides is 3. The smallest absolute Gasteiger partial charge is 0.409 e. The highest BCUT2D eigenvalue weighted by Crippen LogP contribution is 2.49. The summed E-state index contributed by atoms with van der Waals surface area (Å²) in [5.74, 6) is -0.208. The summed E-state index contributed by atoms with van der Waals surface area (Å²) in [6, 6.07) is 9.76. The zero-order valence-corrected chi connectivity index (χ0v) is 16.0. The predicted molar refractivity (Wildman–Crippen MR) is 99.8 cm³/mol. The van der Waals surface area contributed by atoms with Crippen molar-refractivity contribution >= 4 is 17.9 Å². The van der Waals surface area contributed by atoms with Gasteiger partial charge >= 0.3 is 6.09 Å². The monoisotopic (exact) mass is 373 g/mol. The number of nitrogens with zero attached hydrogens (tertiary/aromatic N) is 3. The molecule has 1 aliphatic heterocycles. The van der Waals surface area contributed by atoms with Crippen molar-refractivity contribution in [1.82, 2.24) is 14.7 Å². The molecule has 0 aromatic heterocycles. The van der Waals surface area contributed by atoms with Crippen molar-refractivity contribution < 1.29 is 19.1 Å². The summed E-state index contributed by atoms with van der Waals surface area (Å²) in [5, 5.41) is 0. The molecule has 3 rings (SSSR count). The molecule has 2 fully saturated rings. The zero-order chi connectivity index (χ0) is 19.4. The third-order valence-electron chi connectivity index (χ3n) is 5.27. The lowest BCUT2D eigenvalue weighted by molar-refractivity contribution is -0.150. The van der Waals surface area contributed by atoms with E-state index in [2.05, 4.69) is 0 Å². The van der Waals surface area contributed by atoms with E-state index in [1.807, 2.05) is 30.3 Å². The molecule has 27 heavy (non-hydrogen) atoms. The SMILES string of the molecule is CCOC(=O)N1CCN(C(=O)C2(C(=O)N(C)Cc3ccccc3)CC2)CC1. The van der Waals surface area contributed by atoms with Crippen molar-refractivity contribution in [3.8, 4) is 0 Å². The molecule has 1 saturated carbocycles. The van der Waals surface area contributed by atoms with Crippen LogP contribution in [0.15, 0.2) is 30.3 Å². The molecule has 1 aliphatic carbocycles. The normalized spacial score (nSPS) is 18.0. The Morgan fingerprint density at radius 3 is 2.19 bits per heavy atom. The number of ether oxygens (including phenoxy) is 1. The maximum absolute atomic E-state index is 13.0. The van der Waals surface area contributed by atoms with E-state index in [1.54, 1.807) is 28.7 Å². The summed E-state index contributed by atoms with van der Waals surface area (Å²) in [7, 11) is 1.75. The van der Waals surface area contributed by atoms with Crippen LogP contribution in [0.1, 0.15) is 25.3 Å². The van der Waals surface area contributed by atoms with E-state index in [4.69, 9.17) is 4.74 Å². The maximum atomic E-state index is 13.0. The predicted octanol–water partition coefficient (Wildman–Crippen LogP) is 1.73. The number of benzene rings is 1. The third kappa shape index (κ3) is 4.07. The Hall–Kier alpha value is -2.57. The average Bonchev–Trinajstić information content (AvgIpc) is 3.50. The van der Waals surface area contributed by atoms with Gasteiger partial charge in [0.1, 0.15) is 5.41 Å². The summed E-state index contributed by atoms with van der Waals surface area (Å²) in [5.41, 5.74) is 0.134. The van der Waals surface area contributed by atoms with Crippen LogP contribution in [0.25, 0.3) is 0 Å². The fraction of sp³-hybridized carbons (Fsp3) is 0.550. The van der Waals surface area contributed by atoms with Crippen molar-refractivity contribution in [3.63, 3.8) is 0 Å². The number of hydrogen-bond acceptors (Lipinski definition) is 4. The van der Waals surface area contributed by atoms with Gasteiger partial charge in [-0.3, -0.25) is 9.59 Å². The number of carbonyl (C=O) groups is 3. The van der Waals surface area contributed by atoms with Crippen LogP contribution in [0, 0.1) is 5.41 Å². The number of piperazine rings is 1. The van der Waals surface area contributed by atoms with Crippen LogP contribution in [0.4, 0.5) is 4.79 Å². The molecule has 0 bridgehead atoms. The van der Waals surface area contributed by atoms with Crippen LogP contribution in [0.3, 0.4) is 0 Å². The highest BCUT2D eigenvalue weighted by atomic mass is 16.6. The number of hydrogen-bond donors (Lipinski definition) is 0. The molecule has 7 heteroatoms. The van der Waals surface area contributed by atoms with Gasteiger partial charge in [-0.2, -0.15) is 0 Å². The minimum Gasteiger partial charge on any atom is -0.450 e. The standard InChI is InChI=1S/C20H27N3O4/c1-3-27-19(26)23-13-11-22(12-14-23)18(25)20(9-10-20)17(24)21(2)15-16-7-5-4-6-8-16/h4-8H,3,9-15H2,1-2H3. The van der Waals surface area contributed by atoms with Crippen LogP contribution < -0.4 is 0 Å². The first kappa shape index (κ1) is 19.2. The first-order valence-electron chi connectivity index (χ1n) is 9.48. The Bertz CT molecular complexity index is 694. The highest BCUT2D eigenvalue weighted by Gasteiger charge is 2.59. The number of rotatable bonds is 5. The van der Waals surface area contributed by atoms with Gasteiger partial charge in [0, 0.05) is 39.8 Å². The second-order valence-electron chi connectivity index (χ2n) is 7.21. The van der Waals surface area contributed by atoms with E-state index >= 15 is 0 Å². The van der Waals surface area contributed by atoms with Gasteiger partial charge in [0.05, 0.1) is 6.61 Å². The molecule has 7 nitrogen and oxygen atoms in total. The molecule has 0 unspecified atom stereocenters. The van der Waals surface area contributed by atoms with Crippen LogP contribution in [-0.2, 0) is 20.9 Å². The van der Waals surface area contributed by atoms with Gasteiger partial charge in [-0.15, -0.1) is 0 Å². The van der Waals surface area contributed by atoms with Crippen LogP contribution in [0.5, 0.6) is 0 Å². The van der Waals surface area contributed by atoms with Crippen LogP contribution >= 0.6 is 0 Å². The lowest BCUT2D eigenvalue weighted by Gasteiger charge is -2.36. The molecule has 1 heterocycles. The van der Waals surface area contributed by atoms with Gasteiger partial charge in [-0.1, -0.05) is 30.3 Å². The Morgan fingerprint density at radius 2 is 1.63 bits per heavy atom. The lowest BCUT2D eigenvalue weighted by Crippen LogP contribution is -2.54. The van der Waals surface area contributed by atoms with Gasteiger partial charge in [0.25, 0.3) is 0 Å². The number of carbonyl (C=O) groups excluding carboxylic acids is 3. The quantitative estimate of drug-likeness (QED) is 0.737. The summed E-state index contributed by atoms with van der Waals surface area (Å²) in [6.07, 6.45) is 0.855. The topological polar surface area (TPSA) is 70.2 Å². The molecule has 1 aromatic carbocycles. The molecule has 3 amide bonds. The van der Waals surface area contributed by atoms with Crippen LogP contribution in [-0.4, -0.2) is 72.4 Å². The van der Waals surface area contributed by atoms with Gasteiger partial charge in [-0.05, 0) is 25.3 Å². The van der Waals surface area contributed by atoms with Crippen molar-refractivity contribution in [2.75, 3.05) is 39.8 Å². The van der Waals surface area contributed by atoms with Gasteiger partial charge in [0.2, 0.25) is 11.8 Å². The fourth-order valence-corrected chi connectivity index (χ4v) is 3.55. The molecule has 0 radical (unpaired) electrons. The second-order valence-corrected chi connectivity index (χ2v) is 7.21. The van der Waals surface area contributed by atoms with Gasteiger partial charge in [0.15, 0.2) is 0 Å². The Labute approximate surface area is 159 Å². The molecule has 1 aromatic rings. The van der Waals surface area contributed by atoms with Crippen molar-refractivity contribution in [2.24, 2.45) is 5.41 Å². The summed E-state index contributed by atoms with van der Waals surface area (Å²) in [4.78, 5) is 42.8. The summed E-state index contributed by atoms with van der Waals surface area (Å²) >= 11 is 0. The van der Waals surface area contributed by atoms with E-state index in [9.17, 15) is 14.4 Å². The largest absolute Gasteiger partial charge is 0.450 e. The summed E-state index contributed by atoms with van der Waals surface area (Å²) in [6.45, 7) is 4.36. The minimum atomic E-state index is -0.907. The molecular weight excluding hydrogens is 346 g/mol. The van der Waals surface area contributed by atoms with Gasteiger partial charge < -0.3 is 19.4 Å².